The van der Waals surface area contributed by atoms with Crippen molar-refractivity contribution in [3.63, 3.8) is 0 Å². The van der Waals surface area contributed by atoms with E-state index in [0.29, 0.717) is 0 Å². The first-order chi connectivity index (χ1) is 8.88. The minimum Gasteiger partial charge on any atom is -0.598 e. The number of thiophene rings is 1. The molecule has 0 aromatic carbocycles. The van der Waals surface area contributed by atoms with Crippen LogP contribution in [0.25, 0.3) is 11.4 Å². The fourth-order valence-electron chi connectivity index (χ4n) is 1.52. The maximum Gasteiger partial charge on any atom is 0.138 e. The zero-order valence-electron chi connectivity index (χ0n) is 11.6. The quantitative estimate of drug-likeness (QED) is 0.851. The third-order valence-electron chi connectivity index (χ3n) is 2.66. The third kappa shape index (κ3) is 3.60. The van der Waals surface area contributed by atoms with Gasteiger partial charge in [0.05, 0.1) is 6.04 Å². The van der Waals surface area contributed by atoms with E-state index in [2.05, 4.69) is 26.1 Å². The highest BCUT2D eigenvalue weighted by Crippen LogP contribution is 2.28. The number of nitrogens with one attached hydrogen (secondary N) is 2. The molecule has 0 spiro atoms. The van der Waals surface area contributed by atoms with Crippen molar-refractivity contribution in [2.24, 2.45) is 0 Å². The molecule has 0 aliphatic carbocycles. The van der Waals surface area contributed by atoms with Crippen molar-refractivity contribution in [3.8, 4) is 11.4 Å². The van der Waals surface area contributed by atoms with E-state index in [1.165, 1.54) is 0 Å². The molecular weight excluding hydrogens is 278 g/mol. The molecule has 0 bridgehead atoms. The van der Waals surface area contributed by atoms with Crippen molar-refractivity contribution in [2.45, 2.75) is 38.5 Å². The van der Waals surface area contributed by atoms with Crippen molar-refractivity contribution >= 4 is 22.7 Å². The van der Waals surface area contributed by atoms with Gasteiger partial charge in [-0.15, -0.1) is 16.1 Å². The van der Waals surface area contributed by atoms with E-state index >= 15 is 0 Å². The van der Waals surface area contributed by atoms with Gasteiger partial charge in [-0.3, -0.25) is 0 Å². The lowest BCUT2D eigenvalue weighted by atomic mass is 10.2. The van der Waals surface area contributed by atoms with Crippen LogP contribution in [0.5, 0.6) is 0 Å². The monoisotopic (exact) mass is 297 g/mol. The van der Waals surface area contributed by atoms with Crippen LogP contribution in [0.15, 0.2) is 23.8 Å². The van der Waals surface area contributed by atoms with E-state index in [-0.39, 0.29) is 10.8 Å². The molecule has 0 saturated heterocycles. The van der Waals surface area contributed by atoms with E-state index in [1.54, 1.807) is 17.5 Å². The molecule has 6 heteroatoms. The molecule has 2 rings (SSSR count). The minimum absolute atomic E-state index is 0.0637. The van der Waals surface area contributed by atoms with Gasteiger partial charge in [-0.2, -0.15) is 0 Å². The number of hydrogen-bond acceptors (Lipinski definition) is 4. The summed E-state index contributed by atoms with van der Waals surface area (Å²) in [6, 6.07) is 2.15. The maximum atomic E-state index is 12.1. The van der Waals surface area contributed by atoms with Gasteiger partial charge in [-0.25, -0.2) is 4.98 Å². The molecule has 2 aromatic heterocycles. The topological polar surface area (TPSA) is 63.8 Å². The molecule has 2 atom stereocenters. The molecule has 0 saturated carbocycles. The van der Waals surface area contributed by atoms with Crippen LogP contribution < -0.4 is 4.72 Å². The highest BCUT2D eigenvalue weighted by Gasteiger charge is 2.28. The zero-order valence-corrected chi connectivity index (χ0v) is 13.2. The molecule has 2 aromatic rings. The summed E-state index contributed by atoms with van der Waals surface area (Å²) in [6.45, 7) is 7.92. The summed E-state index contributed by atoms with van der Waals surface area (Å²) < 4.78 is 15.0. The Labute approximate surface area is 121 Å². The van der Waals surface area contributed by atoms with Gasteiger partial charge < -0.3 is 9.54 Å². The number of H-pyrrole nitrogens is 1. The van der Waals surface area contributed by atoms with Gasteiger partial charge in [0.2, 0.25) is 0 Å². The normalized spacial score (nSPS) is 15.4. The van der Waals surface area contributed by atoms with Gasteiger partial charge in [0, 0.05) is 39.6 Å². The first-order valence-electron chi connectivity index (χ1n) is 6.14. The highest BCUT2D eigenvalue weighted by molar-refractivity contribution is 7.90. The highest BCUT2D eigenvalue weighted by atomic mass is 32.2. The Hall–Kier alpha value is -0.820. The van der Waals surface area contributed by atoms with Crippen LogP contribution in [0.2, 0.25) is 0 Å². The summed E-state index contributed by atoms with van der Waals surface area (Å²) in [4.78, 5) is 8.47. The van der Waals surface area contributed by atoms with Crippen LogP contribution in [0.4, 0.5) is 0 Å². The minimum atomic E-state index is -1.06. The second kappa shape index (κ2) is 5.66. The van der Waals surface area contributed by atoms with Crippen LogP contribution in [0.3, 0.4) is 0 Å². The van der Waals surface area contributed by atoms with E-state index in [9.17, 15) is 4.55 Å². The predicted molar refractivity (Wildman–Crippen MR) is 81.3 cm³/mol. The summed E-state index contributed by atoms with van der Waals surface area (Å²) in [7, 11) is 0. The smallest absolute Gasteiger partial charge is 0.138 e. The van der Waals surface area contributed by atoms with Gasteiger partial charge in [0.15, 0.2) is 0 Å². The number of imidazole rings is 1. The molecule has 0 fully saturated rings. The molecule has 2 N–H and O–H groups in total. The Balaban J connectivity index is 2.06. The first kappa shape index (κ1) is 14.6. The Morgan fingerprint density at radius 2 is 2.21 bits per heavy atom. The van der Waals surface area contributed by atoms with Crippen molar-refractivity contribution in [3.05, 3.63) is 28.7 Å². The lowest BCUT2D eigenvalue weighted by Crippen LogP contribution is -2.40. The van der Waals surface area contributed by atoms with Crippen LogP contribution in [0.1, 0.15) is 38.6 Å². The summed E-state index contributed by atoms with van der Waals surface area (Å²) >= 11 is 0.589. The Kier molecular flexibility index (Phi) is 4.35. The molecule has 0 aliphatic rings. The second-order valence-electron chi connectivity index (χ2n) is 5.40. The summed E-state index contributed by atoms with van der Waals surface area (Å²) in [5.41, 5.74) is 1.07. The summed E-state index contributed by atoms with van der Waals surface area (Å²) in [6.07, 6.45) is 3.55. The van der Waals surface area contributed by atoms with Crippen molar-refractivity contribution in [2.75, 3.05) is 0 Å². The van der Waals surface area contributed by atoms with E-state index in [0.717, 1.165) is 16.3 Å². The SMILES string of the molecule is C[C@@H](N[S@+]([O-])C(C)(C)C)c1cc(-c2ncc[nH]2)cs1. The molecule has 2 heterocycles. The second-order valence-corrected chi connectivity index (χ2v) is 8.34. The first-order valence-corrected chi connectivity index (χ1v) is 8.17. The van der Waals surface area contributed by atoms with E-state index < -0.39 is 11.4 Å². The third-order valence-corrected chi connectivity index (χ3v) is 5.45. The number of nitrogens with zero attached hydrogens (tertiary/aromatic N) is 1. The van der Waals surface area contributed by atoms with Crippen molar-refractivity contribution in [1.82, 2.24) is 14.7 Å². The summed E-state index contributed by atoms with van der Waals surface area (Å²) in [5, 5.41) is 2.06. The number of rotatable bonds is 4. The van der Waals surface area contributed by atoms with Crippen LogP contribution in [-0.2, 0) is 11.4 Å². The number of aromatic amines is 1. The summed E-state index contributed by atoms with van der Waals surface area (Å²) in [5.74, 6) is 0.867. The Bertz CT molecular complexity index is 516. The molecular formula is C13H19N3OS2. The molecule has 0 unspecified atom stereocenters. The molecule has 19 heavy (non-hydrogen) atoms. The molecule has 104 valence electrons. The van der Waals surface area contributed by atoms with Crippen molar-refractivity contribution in [1.29, 1.82) is 0 Å². The van der Waals surface area contributed by atoms with E-state index in [4.69, 9.17) is 0 Å². The average Bonchev–Trinajstić information content (AvgIpc) is 2.98. The Morgan fingerprint density at radius 3 is 2.79 bits per heavy atom. The zero-order chi connectivity index (χ0) is 14.0. The standard InChI is InChI=1S/C13H19N3OS2/c1-9(16-19(17)13(2,3)4)11-7-10(8-18-11)12-14-5-6-15-12/h5-9,16H,1-4H3,(H,14,15)/t9-,19-/m1/s1. The van der Waals surface area contributed by atoms with Crippen LogP contribution >= 0.6 is 11.3 Å². The van der Waals surface area contributed by atoms with Gasteiger partial charge in [0.1, 0.15) is 10.6 Å². The van der Waals surface area contributed by atoms with Crippen LogP contribution in [0, 0.1) is 0 Å². The molecule has 0 amide bonds. The van der Waals surface area contributed by atoms with Gasteiger partial charge >= 0.3 is 0 Å². The maximum absolute atomic E-state index is 12.1. The molecule has 0 radical (unpaired) electrons. The fourth-order valence-corrected chi connectivity index (χ4v) is 3.30. The Morgan fingerprint density at radius 1 is 1.47 bits per heavy atom. The molecule has 4 nitrogen and oxygen atoms in total. The van der Waals surface area contributed by atoms with Gasteiger partial charge in [0.25, 0.3) is 0 Å². The lowest BCUT2D eigenvalue weighted by Gasteiger charge is -2.26. The van der Waals surface area contributed by atoms with Gasteiger partial charge in [-0.1, -0.05) is 0 Å². The van der Waals surface area contributed by atoms with Gasteiger partial charge in [-0.05, 0) is 33.8 Å². The number of hydrogen-bond donors (Lipinski definition) is 2. The fraction of sp³-hybridized carbons (Fsp3) is 0.462. The van der Waals surface area contributed by atoms with Crippen LogP contribution in [-0.4, -0.2) is 19.3 Å². The van der Waals surface area contributed by atoms with E-state index in [1.807, 2.05) is 33.9 Å². The average molecular weight is 297 g/mol. The van der Waals surface area contributed by atoms with Crippen molar-refractivity contribution < 1.29 is 4.55 Å². The predicted octanol–water partition coefficient (Wildman–Crippen LogP) is 3.25. The lowest BCUT2D eigenvalue weighted by molar-refractivity contribution is 0.532. The largest absolute Gasteiger partial charge is 0.598 e. The number of aromatic nitrogens is 2. The molecule has 0 aliphatic heterocycles.